The Labute approximate surface area is 195 Å². The molecule has 0 saturated carbocycles. The van der Waals surface area contributed by atoms with Gasteiger partial charge in [0.1, 0.15) is 17.4 Å². The quantitative estimate of drug-likeness (QED) is 0.307. The van der Waals surface area contributed by atoms with E-state index in [4.69, 9.17) is 8.83 Å². The summed E-state index contributed by atoms with van der Waals surface area (Å²) in [4.78, 5) is 30.6. The van der Waals surface area contributed by atoms with E-state index in [-0.39, 0.29) is 17.7 Å². The van der Waals surface area contributed by atoms with Crippen molar-refractivity contribution in [3.05, 3.63) is 83.1 Å². The molecule has 0 spiro atoms. The highest BCUT2D eigenvalue weighted by atomic mass is 16.4. The summed E-state index contributed by atoms with van der Waals surface area (Å²) in [5.41, 5.74) is 4.24. The number of nitriles is 1. The molecule has 0 fully saturated rings. The molecule has 4 aromatic rings. The number of rotatable bonds is 4. The van der Waals surface area contributed by atoms with Gasteiger partial charge < -0.3 is 8.83 Å². The lowest BCUT2D eigenvalue weighted by atomic mass is 9.95. The van der Waals surface area contributed by atoms with E-state index < -0.39 is 11.8 Å². The van der Waals surface area contributed by atoms with Crippen molar-refractivity contribution < 1.29 is 18.4 Å². The van der Waals surface area contributed by atoms with Crippen LogP contribution < -0.4 is 0 Å². The lowest BCUT2D eigenvalue weighted by Crippen LogP contribution is -2.42. The highest BCUT2D eigenvalue weighted by molar-refractivity contribution is 6.19. The van der Waals surface area contributed by atoms with Gasteiger partial charge in [0, 0.05) is 23.7 Å². The second kappa shape index (κ2) is 8.34. The number of imide groups is 1. The van der Waals surface area contributed by atoms with Gasteiger partial charge in [-0.1, -0.05) is 42.5 Å². The van der Waals surface area contributed by atoms with E-state index in [1.165, 1.54) is 6.08 Å². The van der Waals surface area contributed by atoms with Crippen molar-refractivity contribution in [2.75, 3.05) is 6.54 Å². The summed E-state index contributed by atoms with van der Waals surface area (Å²) in [7, 11) is 0. The van der Waals surface area contributed by atoms with Crippen molar-refractivity contribution in [2.45, 2.75) is 13.8 Å². The molecule has 0 radical (unpaired) electrons. The number of carbonyl (C=O) groups excluding carboxylic acids is 2. The summed E-state index contributed by atoms with van der Waals surface area (Å²) >= 11 is 0. The fourth-order valence-electron chi connectivity index (χ4n) is 3.94. The number of likely N-dealkylation sites (N-methyl/N-ethyl adjacent to an activating group) is 1. The maximum atomic E-state index is 12.8. The van der Waals surface area contributed by atoms with Gasteiger partial charge in [-0.15, -0.1) is 0 Å². The maximum absolute atomic E-state index is 12.8. The Bertz CT molecular complexity index is 1500. The predicted octanol–water partition coefficient (Wildman–Crippen LogP) is 5.37. The smallest absolute Gasteiger partial charge is 0.271 e. The molecule has 7 heteroatoms. The minimum absolute atomic E-state index is 0.0534. The average Bonchev–Trinajstić information content (AvgIpc) is 3.42. The largest absolute Gasteiger partial charge is 0.436 e. The number of aromatic nitrogens is 1. The Morgan fingerprint density at radius 1 is 0.971 bits per heavy atom. The first-order chi connectivity index (χ1) is 16.5. The van der Waals surface area contributed by atoms with Crippen LogP contribution in [0.3, 0.4) is 0 Å². The number of amides is 2. The molecule has 1 aliphatic heterocycles. The third-order valence-corrected chi connectivity index (χ3v) is 5.78. The van der Waals surface area contributed by atoms with E-state index in [0.717, 1.165) is 21.6 Å². The topological polar surface area (TPSA) is 100 Å². The molecule has 166 valence electrons. The van der Waals surface area contributed by atoms with Crippen molar-refractivity contribution in [1.82, 2.24) is 9.88 Å². The second-order valence-corrected chi connectivity index (χ2v) is 7.80. The molecule has 0 saturated heterocycles. The van der Waals surface area contributed by atoms with Gasteiger partial charge in [-0.3, -0.25) is 14.5 Å². The van der Waals surface area contributed by atoms with E-state index in [1.807, 2.05) is 60.7 Å². The SMILES string of the molecule is CCN1C(=O)C(C#N)=C(C)/C(=C/c2cc3oc(-c4ccc(-c5ccccc5)cc4)nc3o2)C1=O. The maximum Gasteiger partial charge on any atom is 0.271 e. The third kappa shape index (κ3) is 3.51. The van der Waals surface area contributed by atoms with E-state index in [2.05, 4.69) is 4.98 Å². The molecule has 1 aliphatic rings. The van der Waals surface area contributed by atoms with Gasteiger partial charge in [0.2, 0.25) is 5.89 Å². The van der Waals surface area contributed by atoms with Gasteiger partial charge in [0.15, 0.2) is 5.58 Å². The lowest BCUT2D eigenvalue weighted by Gasteiger charge is -2.25. The molecule has 0 bridgehead atoms. The van der Waals surface area contributed by atoms with Crippen molar-refractivity contribution in [3.8, 4) is 28.7 Å². The number of furan rings is 1. The van der Waals surface area contributed by atoms with Gasteiger partial charge in [-0.25, -0.2) is 0 Å². The predicted molar refractivity (Wildman–Crippen MR) is 126 cm³/mol. The Morgan fingerprint density at radius 3 is 2.29 bits per heavy atom. The molecule has 0 atom stereocenters. The first kappa shape index (κ1) is 21.2. The van der Waals surface area contributed by atoms with Crippen LogP contribution in [-0.2, 0) is 9.59 Å². The van der Waals surface area contributed by atoms with Crippen LogP contribution in [-0.4, -0.2) is 28.2 Å². The molecule has 0 unspecified atom stereocenters. The molecule has 0 N–H and O–H groups in total. The van der Waals surface area contributed by atoms with Gasteiger partial charge in [-0.05, 0) is 48.8 Å². The Kier molecular flexibility index (Phi) is 5.19. The van der Waals surface area contributed by atoms with Crippen LogP contribution in [0.1, 0.15) is 19.6 Å². The fraction of sp³-hybridized carbons (Fsp3) is 0.111. The lowest BCUT2D eigenvalue weighted by molar-refractivity contribution is -0.140. The van der Waals surface area contributed by atoms with Gasteiger partial charge in [-0.2, -0.15) is 10.2 Å². The van der Waals surface area contributed by atoms with Crippen molar-refractivity contribution in [2.24, 2.45) is 0 Å². The van der Waals surface area contributed by atoms with Crippen LogP contribution >= 0.6 is 0 Å². The van der Waals surface area contributed by atoms with Crippen molar-refractivity contribution in [3.63, 3.8) is 0 Å². The molecule has 7 nitrogen and oxygen atoms in total. The molecule has 34 heavy (non-hydrogen) atoms. The van der Waals surface area contributed by atoms with E-state index in [0.29, 0.717) is 28.5 Å². The van der Waals surface area contributed by atoms with E-state index >= 15 is 0 Å². The first-order valence-corrected chi connectivity index (χ1v) is 10.8. The number of fused-ring (bicyclic) bond motifs is 1. The van der Waals surface area contributed by atoms with Crippen molar-refractivity contribution >= 4 is 29.2 Å². The minimum Gasteiger partial charge on any atom is -0.436 e. The normalized spacial score (nSPS) is 15.4. The summed E-state index contributed by atoms with van der Waals surface area (Å²) < 4.78 is 11.7. The van der Waals surface area contributed by atoms with Crippen LogP contribution in [0.2, 0.25) is 0 Å². The summed E-state index contributed by atoms with van der Waals surface area (Å²) in [5.74, 6) is -0.281. The molecule has 2 amide bonds. The van der Waals surface area contributed by atoms with E-state index in [9.17, 15) is 14.9 Å². The molecule has 2 aromatic heterocycles. The number of carbonyl (C=O) groups is 2. The van der Waals surface area contributed by atoms with Gasteiger partial charge in [0.25, 0.3) is 17.5 Å². The minimum atomic E-state index is -0.581. The molecular weight excluding hydrogens is 430 g/mol. The molecule has 0 aliphatic carbocycles. The van der Waals surface area contributed by atoms with Crippen molar-refractivity contribution in [1.29, 1.82) is 5.26 Å². The van der Waals surface area contributed by atoms with Crippen LogP contribution in [0, 0.1) is 11.3 Å². The summed E-state index contributed by atoms with van der Waals surface area (Å²) in [6.45, 7) is 3.43. The highest BCUT2D eigenvalue weighted by Crippen LogP contribution is 2.31. The zero-order valence-corrected chi connectivity index (χ0v) is 18.5. The molecular formula is C27H19N3O4. The summed E-state index contributed by atoms with van der Waals surface area (Å²) in [6, 6.07) is 21.5. The van der Waals surface area contributed by atoms with Gasteiger partial charge in [0.05, 0.1) is 0 Å². The highest BCUT2D eigenvalue weighted by Gasteiger charge is 2.34. The number of nitrogens with zero attached hydrogens (tertiary/aromatic N) is 3. The number of oxazole rings is 1. The monoisotopic (exact) mass is 449 g/mol. The summed E-state index contributed by atoms with van der Waals surface area (Å²) in [6.07, 6.45) is 1.51. The zero-order chi connectivity index (χ0) is 23.8. The molecule has 5 rings (SSSR count). The number of hydrogen-bond donors (Lipinski definition) is 0. The van der Waals surface area contributed by atoms with Crippen LogP contribution in [0.5, 0.6) is 0 Å². The number of hydrogen-bond acceptors (Lipinski definition) is 6. The summed E-state index contributed by atoms with van der Waals surface area (Å²) in [5, 5.41) is 9.37. The van der Waals surface area contributed by atoms with Crippen LogP contribution in [0.15, 0.2) is 86.2 Å². The van der Waals surface area contributed by atoms with Crippen LogP contribution in [0.25, 0.3) is 40.0 Å². The fourth-order valence-corrected chi connectivity index (χ4v) is 3.94. The average molecular weight is 449 g/mol. The Hall–Kier alpha value is -4.70. The Morgan fingerprint density at radius 2 is 1.65 bits per heavy atom. The number of benzene rings is 2. The van der Waals surface area contributed by atoms with E-state index in [1.54, 1.807) is 19.9 Å². The van der Waals surface area contributed by atoms with Gasteiger partial charge >= 0.3 is 0 Å². The standard InChI is InChI=1S/C27H19N3O4/c1-3-30-26(31)21(16(2)22(15-28)27(30)32)13-20-14-23-25(33-20)29-24(34-23)19-11-9-18(10-12-19)17-7-5-4-6-8-17/h4-14H,3H2,1-2H3/b21-13-. The Balaban J connectivity index is 1.46. The molecule has 2 aromatic carbocycles. The first-order valence-electron chi connectivity index (χ1n) is 10.8. The third-order valence-electron chi connectivity index (χ3n) is 5.78. The second-order valence-electron chi connectivity index (χ2n) is 7.80. The van der Waals surface area contributed by atoms with Crippen LogP contribution in [0.4, 0.5) is 0 Å². The molecule has 3 heterocycles. The zero-order valence-electron chi connectivity index (χ0n) is 18.5.